The van der Waals surface area contributed by atoms with E-state index in [2.05, 4.69) is 22.1 Å². The third-order valence-corrected chi connectivity index (χ3v) is 1.87. The van der Waals surface area contributed by atoms with Gasteiger partial charge in [-0.15, -0.1) is 0 Å². The number of nitrogens with one attached hydrogen (secondary N) is 1. The van der Waals surface area contributed by atoms with E-state index in [-0.39, 0.29) is 12.9 Å². The summed E-state index contributed by atoms with van der Waals surface area (Å²) in [4.78, 5) is 23.2. The summed E-state index contributed by atoms with van der Waals surface area (Å²) in [6.07, 6.45) is 5.48. The van der Waals surface area contributed by atoms with Crippen LogP contribution < -0.4 is 5.32 Å². The molecule has 0 aromatic heterocycles. The van der Waals surface area contributed by atoms with Gasteiger partial charge in [0.1, 0.15) is 12.9 Å². The zero-order valence-electron chi connectivity index (χ0n) is 9.49. The average molecular weight is 216 g/mol. The maximum absolute atomic E-state index is 10.1. The third-order valence-electron chi connectivity index (χ3n) is 1.87. The molecule has 0 amide bonds. The number of carbonyl (C=O) groups excluding carboxylic acids is 1. The van der Waals surface area contributed by atoms with Crippen LogP contribution >= 0.6 is 0 Å². The number of unbranched alkanes of at least 4 members (excludes halogenated alkanes) is 2. The van der Waals surface area contributed by atoms with Gasteiger partial charge in [-0.25, -0.2) is 14.6 Å². The van der Waals surface area contributed by atoms with Crippen molar-refractivity contribution in [1.29, 1.82) is 0 Å². The van der Waals surface area contributed by atoms with Crippen LogP contribution in [0.25, 0.3) is 0 Å². The lowest BCUT2D eigenvalue weighted by Crippen LogP contribution is -2.29. The summed E-state index contributed by atoms with van der Waals surface area (Å²) < 4.78 is 0. The van der Waals surface area contributed by atoms with Gasteiger partial charge in [-0.1, -0.05) is 19.8 Å². The molecular weight excluding hydrogens is 196 g/mol. The van der Waals surface area contributed by atoms with Crippen molar-refractivity contribution >= 4 is 6.08 Å². The molecule has 5 nitrogen and oxygen atoms in total. The second kappa shape index (κ2) is 11.3. The molecule has 0 heterocycles. The lowest BCUT2D eigenvalue weighted by molar-refractivity contribution is -0.296. The van der Waals surface area contributed by atoms with Crippen molar-refractivity contribution in [3.05, 3.63) is 0 Å². The van der Waals surface area contributed by atoms with E-state index in [0.29, 0.717) is 6.61 Å². The number of isocyanates is 1. The van der Waals surface area contributed by atoms with Crippen LogP contribution in [0.3, 0.4) is 0 Å². The normalized spacial score (nSPS) is 12.1. The van der Waals surface area contributed by atoms with Crippen LogP contribution in [0, 0.1) is 0 Å². The van der Waals surface area contributed by atoms with E-state index in [1.165, 1.54) is 0 Å². The molecule has 15 heavy (non-hydrogen) atoms. The minimum absolute atomic E-state index is 0.213. The van der Waals surface area contributed by atoms with Gasteiger partial charge in [-0.2, -0.15) is 4.99 Å². The van der Waals surface area contributed by atoms with Gasteiger partial charge in [-0.3, -0.25) is 5.32 Å². The minimum Gasteiger partial charge on any atom is -0.270 e. The van der Waals surface area contributed by atoms with Crippen molar-refractivity contribution in [1.82, 2.24) is 5.32 Å². The van der Waals surface area contributed by atoms with Gasteiger partial charge in [0.2, 0.25) is 6.08 Å². The number of nitrogens with zero attached hydrogens (tertiary/aromatic N) is 1. The molecule has 1 N–H and O–H groups in total. The number of hydrogen-bond acceptors (Lipinski definition) is 5. The maximum atomic E-state index is 10.1. The predicted octanol–water partition coefficient (Wildman–Crippen LogP) is 1.74. The van der Waals surface area contributed by atoms with Crippen molar-refractivity contribution in [2.45, 2.75) is 45.7 Å². The monoisotopic (exact) mass is 216 g/mol. The highest BCUT2D eigenvalue weighted by atomic mass is 17.2. The van der Waals surface area contributed by atoms with E-state index >= 15 is 0 Å². The molecule has 0 bridgehead atoms. The highest BCUT2D eigenvalue weighted by Gasteiger charge is 2.04. The molecule has 0 saturated carbocycles. The largest absolute Gasteiger partial charge is 0.270 e. The molecule has 0 saturated heterocycles. The second-order valence-electron chi connectivity index (χ2n) is 3.10. The standard InChI is InChI=1S/C10H20N2O3/c1-3-5-6-7-10(11-8-13)12-9-15-14-4-2/h10,12H,3-7,9H2,1-2H3. The van der Waals surface area contributed by atoms with E-state index in [0.717, 1.165) is 25.7 Å². The Labute approximate surface area is 90.8 Å². The van der Waals surface area contributed by atoms with E-state index in [1.54, 1.807) is 6.08 Å². The minimum atomic E-state index is -0.213. The molecule has 5 heteroatoms. The SMILES string of the molecule is CCCCCC(N=C=O)NCOOCC. The van der Waals surface area contributed by atoms with Crippen molar-refractivity contribution < 1.29 is 14.6 Å². The third kappa shape index (κ3) is 9.56. The molecule has 0 radical (unpaired) electrons. The van der Waals surface area contributed by atoms with Gasteiger partial charge in [0.25, 0.3) is 0 Å². The van der Waals surface area contributed by atoms with E-state index in [4.69, 9.17) is 4.89 Å². The van der Waals surface area contributed by atoms with Crippen molar-refractivity contribution in [2.24, 2.45) is 4.99 Å². The summed E-state index contributed by atoms with van der Waals surface area (Å²) in [7, 11) is 0. The van der Waals surface area contributed by atoms with Crippen molar-refractivity contribution in [3.63, 3.8) is 0 Å². The first-order chi connectivity index (χ1) is 7.35. The summed E-state index contributed by atoms with van der Waals surface area (Å²) in [5, 5.41) is 2.94. The zero-order chi connectivity index (χ0) is 11.4. The smallest absolute Gasteiger partial charge is 0.236 e. The quantitative estimate of drug-likeness (QED) is 0.151. The van der Waals surface area contributed by atoms with Crippen LogP contribution in [0.1, 0.15) is 39.5 Å². The topological polar surface area (TPSA) is 59.9 Å². The summed E-state index contributed by atoms with van der Waals surface area (Å²) in [5.74, 6) is 0. The molecule has 1 atom stereocenters. The molecule has 0 fully saturated rings. The first-order valence-electron chi connectivity index (χ1n) is 5.39. The van der Waals surface area contributed by atoms with Crippen LogP contribution in [0.4, 0.5) is 0 Å². The molecule has 0 aliphatic carbocycles. The Morgan fingerprint density at radius 3 is 2.73 bits per heavy atom. The molecule has 0 aromatic rings. The Kier molecular flexibility index (Phi) is 10.8. The van der Waals surface area contributed by atoms with Gasteiger partial charge in [-0.05, 0) is 19.8 Å². The summed E-state index contributed by atoms with van der Waals surface area (Å²) >= 11 is 0. The van der Waals surface area contributed by atoms with Gasteiger partial charge in [0.15, 0.2) is 0 Å². The van der Waals surface area contributed by atoms with Gasteiger partial charge in [0, 0.05) is 0 Å². The van der Waals surface area contributed by atoms with Gasteiger partial charge >= 0.3 is 0 Å². The Balaban J connectivity index is 3.58. The zero-order valence-corrected chi connectivity index (χ0v) is 9.49. The fourth-order valence-corrected chi connectivity index (χ4v) is 1.12. The Morgan fingerprint density at radius 2 is 2.13 bits per heavy atom. The molecule has 0 aliphatic heterocycles. The van der Waals surface area contributed by atoms with Crippen molar-refractivity contribution in [2.75, 3.05) is 13.3 Å². The average Bonchev–Trinajstić information content (AvgIpc) is 2.24. The highest BCUT2D eigenvalue weighted by molar-refractivity contribution is 5.33. The molecular formula is C10H20N2O3. The fraction of sp³-hybridized carbons (Fsp3) is 0.900. The molecule has 0 aromatic carbocycles. The van der Waals surface area contributed by atoms with E-state index in [9.17, 15) is 4.79 Å². The summed E-state index contributed by atoms with van der Waals surface area (Å²) in [6, 6.07) is 0. The summed E-state index contributed by atoms with van der Waals surface area (Å²) in [6.45, 7) is 4.70. The van der Waals surface area contributed by atoms with Gasteiger partial charge < -0.3 is 0 Å². The number of rotatable bonds is 10. The molecule has 88 valence electrons. The molecule has 0 aliphatic rings. The van der Waals surface area contributed by atoms with Gasteiger partial charge in [0.05, 0.1) is 6.61 Å². The number of hydrogen-bond donors (Lipinski definition) is 1. The Morgan fingerprint density at radius 1 is 1.33 bits per heavy atom. The van der Waals surface area contributed by atoms with Crippen LogP contribution in [0.15, 0.2) is 4.99 Å². The van der Waals surface area contributed by atoms with E-state index < -0.39 is 0 Å². The molecule has 0 spiro atoms. The van der Waals surface area contributed by atoms with Crippen molar-refractivity contribution in [3.8, 4) is 0 Å². The first-order valence-corrected chi connectivity index (χ1v) is 5.39. The lowest BCUT2D eigenvalue weighted by Gasteiger charge is -2.11. The van der Waals surface area contributed by atoms with Crippen LogP contribution in [0.5, 0.6) is 0 Å². The second-order valence-corrected chi connectivity index (χ2v) is 3.10. The van der Waals surface area contributed by atoms with Crippen LogP contribution in [0.2, 0.25) is 0 Å². The first kappa shape index (κ1) is 14.3. The van der Waals surface area contributed by atoms with Crippen LogP contribution in [-0.4, -0.2) is 25.6 Å². The maximum Gasteiger partial charge on any atom is 0.236 e. The highest BCUT2D eigenvalue weighted by Crippen LogP contribution is 2.03. The Hall–Kier alpha value is -0.740. The fourth-order valence-electron chi connectivity index (χ4n) is 1.12. The summed E-state index contributed by atoms with van der Waals surface area (Å²) in [5.41, 5.74) is 0. The van der Waals surface area contributed by atoms with Crippen LogP contribution in [-0.2, 0) is 14.6 Å². The number of aliphatic imine (C=N–C) groups is 1. The predicted molar refractivity (Wildman–Crippen MR) is 56.8 cm³/mol. The van der Waals surface area contributed by atoms with E-state index in [1.807, 2.05) is 6.92 Å². The Bertz CT molecular complexity index is 182. The lowest BCUT2D eigenvalue weighted by atomic mass is 10.2. The molecule has 1 unspecified atom stereocenters. The molecule has 0 rings (SSSR count).